The van der Waals surface area contributed by atoms with Crippen molar-refractivity contribution in [2.75, 3.05) is 49.6 Å². The van der Waals surface area contributed by atoms with Crippen LogP contribution in [0.5, 0.6) is 0 Å². The third-order valence-electron chi connectivity index (χ3n) is 6.22. The molecule has 2 saturated heterocycles. The zero-order valence-corrected chi connectivity index (χ0v) is 18.0. The van der Waals surface area contributed by atoms with E-state index in [0.29, 0.717) is 22.9 Å². The molecule has 8 heteroatoms. The summed E-state index contributed by atoms with van der Waals surface area (Å²) in [5, 5.41) is 12.6. The number of hydrogen-bond donors (Lipinski definition) is 1. The van der Waals surface area contributed by atoms with E-state index in [0.717, 1.165) is 45.1 Å². The zero-order valence-electron chi connectivity index (χ0n) is 18.0. The molecule has 8 nitrogen and oxygen atoms in total. The van der Waals surface area contributed by atoms with Crippen molar-refractivity contribution in [2.45, 2.75) is 12.5 Å². The van der Waals surface area contributed by atoms with E-state index in [1.165, 1.54) is 12.0 Å². The van der Waals surface area contributed by atoms with Crippen molar-refractivity contribution in [3.8, 4) is 17.5 Å². The van der Waals surface area contributed by atoms with E-state index in [-0.39, 0.29) is 5.54 Å². The summed E-state index contributed by atoms with van der Waals surface area (Å²) in [4.78, 5) is 17.9. The minimum absolute atomic E-state index is 0.219. The predicted molar refractivity (Wildman–Crippen MR) is 123 cm³/mol. The van der Waals surface area contributed by atoms with Gasteiger partial charge in [0.25, 0.3) is 0 Å². The van der Waals surface area contributed by atoms with Crippen molar-refractivity contribution < 1.29 is 4.74 Å². The van der Waals surface area contributed by atoms with Gasteiger partial charge in [0.05, 0.1) is 30.4 Å². The van der Waals surface area contributed by atoms with Crippen LogP contribution in [-0.4, -0.2) is 64.8 Å². The SMILES string of the molecule is CC1(N2CCN(c3ccc(Nc4ncnc(-c5ccccc5C#N)n4)cc3)CC2)COC1. The first-order chi connectivity index (χ1) is 15.6. The Bertz CT molecular complexity index is 1130. The Hall–Kier alpha value is -3.54. The molecule has 0 saturated carbocycles. The molecule has 0 amide bonds. The van der Waals surface area contributed by atoms with Crippen LogP contribution in [0.1, 0.15) is 12.5 Å². The lowest BCUT2D eigenvalue weighted by Gasteiger charge is -2.50. The Morgan fingerprint density at radius 1 is 1.00 bits per heavy atom. The lowest BCUT2D eigenvalue weighted by Crippen LogP contribution is -2.64. The second kappa shape index (κ2) is 8.54. The van der Waals surface area contributed by atoms with Gasteiger partial charge in [-0.25, -0.2) is 9.97 Å². The molecule has 0 spiro atoms. The van der Waals surface area contributed by atoms with Gasteiger partial charge in [0.2, 0.25) is 5.95 Å². The molecule has 32 heavy (non-hydrogen) atoms. The fourth-order valence-electron chi connectivity index (χ4n) is 4.23. The maximum absolute atomic E-state index is 9.34. The Morgan fingerprint density at radius 3 is 2.44 bits per heavy atom. The average Bonchev–Trinajstić information content (AvgIpc) is 2.83. The molecule has 0 bridgehead atoms. The van der Waals surface area contributed by atoms with Gasteiger partial charge >= 0.3 is 0 Å². The van der Waals surface area contributed by atoms with E-state index in [9.17, 15) is 5.26 Å². The summed E-state index contributed by atoms with van der Waals surface area (Å²) in [5.74, 6) is 0.916. The molecule has 0 atom stereocenters. The lowest BCUT2D eigenvalue weighted by atomic mass is 9.97. The smallest absolute Gasteiger partial charge is 0.230 e. The fourth-order valence-corrected chi connectivity index (χ4v) is 4.23. The van der Waals surface area contributed by atoms with E-state index < -0.39 is 0 Å². The molecule has 0 unspecified atom stereocenters. The van der Waals surface area contributed by atoms with Crippen molar-refractivity contribution in [1.29, 1.82) is 5.26 Å². The van der Waals surface area contributed by atoms with Gasteiger partial charge in [-0.2, -0.15) is 10.2 Å². The largest absolute Gasteiger partial charge is 0.377 e. The summed E-state index contributed by atoms with van der Waals surface area (Å²) in [7, 11) is 0. The molecule has 162 valence electrons. The van der Waals surface area contributed by atoms with Crippen LogP contribution in [0, 0.1) is 11.3 Å². The summed E-state index contributed by atoms with van der Waals surface area (Å²) in [6.07, 6.45) is 1.46. The number of hydrogen-bond acceptors (Lipinski definition) is 8. The van der Waals surface area contributed by atoms with E-state index in [1.54, 1.807) is 6.07 Å². The highest BCUT2D eigenvalue weighted by molar-refractivity contribution is 5.66. The number of nitriles is 1. The molecule has 3 heterocycles. The first-order valence-corrected chi connectivity index (χ1v) is 10.8. The van der Waals surface area contributed by atoms with Gasteiger partial charge in [-0.05, 0) is 43.3 Å². The number of rotatable bonds is 5. The maximum atomic E-state index is 9.34. The van der Waals surface area contributed by atoms with E-state index in [1.807, 2.05) is 30.3 Å². The van der Waals surface area contributed by atoms with Gasteiger partial charge in [-0.15, -0.1) is 0 Å². The Labute approximate surface area is 187 Å². The van der Waals surface area contributed by atoms with E-state index in [2.05, 4.69) is 55.2 Å². The van der Waals surface area contributed by atoms with Crippen molar-refractivity contribution in [1.82, 2.24) is 19.9 Å². The van der Waals surface area contributed by atoms with Crippen molar-refractivity contribution in [2.24, 2.45) is 0 Å². The van der Waals surface area contributed by atoms with E-state index >= 15 is 0 Å². The molecule has 1 N–H and O–H groups in total. The van der Waals surface area contributed by atoms with Gasteiger partial charge in [0.15, 0.2) is 5.82 Å². The van der Waals surface area contributed by atoms with Crippen molar-refractivity contribution >= 4 is 17.3 Å². The monoisotopic (exact) mass is 427 g/mol. The van der Waals surface area contributed by atoms with Crippen LogP contribution in [0.15, 0.2) is 54.9 Å². The molecular weight excluding hydrogens is 402 g/mol. The quantitative estimate of drug-likeness (QED) is 0.664. The van der Waals surface area contributed by atoms with E-state index in [4.69, 9.17) is 4.74 Å². The van der Waals surface area contributed by atoms with Gasteiger partial charge < -0.3 is 15.0 Å². The first-order valence-electron chi connectivity index (χ1n) is 10.8. The minimum Gasteiger partial charge on any atom is -0.377 e. The van der Waals surface area contributed by atoms with Gasteiger partial charge in [0, 0.05) is 43.1 Å². The summed E-state index contributed by atoms with van der Waals surface area (Å²) in [6.45, 7) is 8.10. The molecule has 2 aliphatic rings. The minimum atomic E-state index is 0.219. The number of anilines is 3. The number of nitrogens with one attached hydrogen (secondary N) is 1. The normalized spacial score (nSPS) is 17.9. The van der Waals surface area contributed by atoms with Crippen LogP contribution in [0.2, 0.25) is 0 Å². The average molecular weight is 428 g/mol. The van der Waals surface area contributed by atoms with Gasteiger partial charge in [-0.3, -0.25) is 4.90 Å². The number of piperazine rings is 1. The summed E-state index contributed by atoms with van der Waals surface area (Å²) in [6, 6.07) is 17.8. The number of nitrogens with zero attached hydrogens (tertiary/aromatic N) is 6. The highest BCUT2D eigenvalue weighted by Gasteiger charge is 2.40. The lowest BCUT2D eigenvalue weighted by molar-refractivity contribution is -0.131. The predicted octanol–water partition coefficient (Wildman–Crippen LogP) is 3.06. The van der Waals surface area contributed by atoms with Crippen LogP contribution < -0.4 is 10.2 Å². The van der Waals surface area contributed by atoms with Crippen LogP contribution >= 0.6 is 0 Å². The third-order valence-corrected chi connectivity index (χ3v) is 6.22. The summed E-state index contributed by atoms with van der Waals surface area (Å²) < 4.78 is 5.42. The van der Waals surface area contributed by atoms with Crippen LogP contribution in [0.25, 0.3) is 11.4 Å². The Balaban J connectivity index is 1.24. The molecule has 3 aromatic rings. The summed E-state index contributed by atoms with van der Waals surface area (Å²) >= 11 is 0. The number of benzene rings is 2. The molecule has 1 aromatic heterocycles. The number of aromatic nitrogens is 3. The molecule has 2 aliphatic heterocycles. The molecule has 0 radical (unpaired) electrons. The molecule has 5 rings (SSSR count). The fraction of sp³-hybridized carbons (Fsp3) is 0.333. The first kappa shape index (κ1) is 20.4. The Morgan fingerprint density at radius 2 is 1.75 bits per heavy atom. The van der Waals surface area contributed by atoms with Crippen LogP contribution in [0.3, 0.4) is 0 Å². The second-order valence-electron chi connectivity index (χ2n) is 8.43. The molecular formula is C24H25N7O. The molecule has 2 aromatic carbocycles. The maximum Gasteiger partial charge on any atom is 0.230 e. The number of ether oxygens (including phenoxy) is 1. The molecule has 0 aliphatic carbocycles. The highest BCUT2D eigenvalue weighted by atomic mass is 16.5. The van der Waals surface area contributed by atoms with Crippen LogP contribution in [0.4, 0.5) is 17.3 Å². The van der Waals surface area contributed by atoms with Crippen LogP contribution in [-0.2, 0) is 4.74 Å². The summed E-state index contributed by atoms with van der Waals surface area (Å²) in [5.41, 5.74) is 3.56. The second-order valence-corrected chi connectivity index (χ2v) is 8.43. The Kier molecular flexibility index (Phi) is 5.43. The van der Waals surface area contributed by atoms with Crippen molar-refractivity contribution in [3.05, 3.63) is 60.4 Å². The topological polar surface area (TPSA) is 90.2 Å². The highest BCUT2D eigenvalue weighted by Crippen LogP contribution is 2.28. The van der Waals surface area contributed by atoms with Crippen molar-refractivity contribution in [3.63, 3.8) is 0 Å². The van der Waals surface area contributed by atoms with Gasteiger partial charge in [0.1, 0.15) is 6.33 Å². The van der Waals surface area contributed by atoms with Gasteiger partial charge in [-0.1, -0.05) is 12.1 Å². The zero-order chi connectivity index (χ0) is 22.0. The third kappa shape index (κ3) is 4.00. The standard InChI is InChI=1S/C24H25N7O/c1-24(15-32-16-24)31-12-10-30(11-13-31)20-8-6-19(7-9-20)28-23-27-17-26-22(29-23)21-5-3-2-4-18(21)14-25/h2-9,17H,10-13,15-16H2,1H3,(H,26,27,28,29). The molecule has 2 fully saturated rings.